The van der Waals surface area contributed by atoms with E-state index < -0.39 is 34.8 Å². The molecule has 17 heteroatoms. The number of allylic oxidation sites excluding steroid dienone is 1. The van der Waals surface area contributed by atoms with Crippen molar-refractivity contribution in [1.82, 2.24) is 15.1 Å². The van der Waals surface area contributed by atoms with E-state index in [1.165, 1.54) is 6.07 Å². The molecule has 2 fully saturated rings. The average molecular weight is 817 g/mol. The number of halogens is 3. The Morgan fingerprint density at radius 3 is 2.48 bits per heavy atom. The lowest BCUT2D eigenvalue weighted by Gasteiger charge is -2.34. The number of hydrogen-bond acceptors (Lipinski definition) is 10. The number of rotatable bonds is 12. The highest BCUT2D eigenvalue weighted by Crippen LogP contribution is 2.40. The number of imide groups is 1. The van der Waals surface area contributed by atoms with Crippen LogP contribution in [0.3, 0.4) is 0 Å². The van der Waals surface area contributed by atoms with Gasteiger partial charge < -0.3 is 30.1 Å². The smallest absolute Gasteiger partial charge is 0.417 e. The number of thiocarbonyl (C=S) groups is 1. The molecule has 0 saturated carbocycles. The summed E-state index contributed by atoms with van der Waals surface area (Å²) in [5, 5.41) is 17.6. The summed E-state index contributed by atoms with van der Waals surface area (Å²) in [5.74, 6) is -0.725. The standard InChI is InChI=1S/C41H43F3N8O5S/c1-5-26-19-31(52-39(58)51(38(56)40(52,3)4)30-10-9-27(22-45)32(21-30)41(42,43)44)11-13-34(26)57-18-17-49-15-16-50(25(2)23-49)24-36(54)47-29-8-6-7-28(20-29)46-33-12-14-35(53)48-37(33)55/h6-11,13,19-21,23,33,46H,5,12,14-18,24H2,1-4H3,(H,47,54)(H,48,53,55). The third kappa shape index (κ3) is 8.86. The van der Waals surface area contributed by atoms with Crippen LogP contribution in [0.15, 0.2) is 72.6 Å². The number of aryl methyl sites for hydroxylation is 1. The first kappa shape index (κ1) is 41.5. The molecule has 3 aliphatic rings. The molecule has 0 spiro atoms. The second-order valence-electron chi connectivity index (χ2n) is 14.7. The van der Waals surface area contributed by atoms with E-state index in [0.717, 1.165) is 28.3 Å². The fourth-order valence-electron chi connectivity index (χ4n) is 7.16. The van der Waals surface area contributed by atoms with Crippen LogP contribution in [0.4, 0.5) is 35.9 Å². The Labute approximate surface area is 339 Å². The Kier molecular flexibility index (Phi) is 12.0. The van der Waals surface area contributed by atoms with Gasteiger partial charge in [-0.2, -0.15) is 18.4 Å². The van der Waals surface area contributed by atoms with E-state index >= 15 is 0 Å². The van der Waals surface area contributed by atoms with Crippen molar-refractivity contribution in [2.24, 2.45) is 0 Å². The molecule has 3 N–H and O–H groups in total. The van der Waals surface area contributed by atoms with Crippen LogP contribution in [-0.4, -0.2) is 82.9 Å². The van der Waals surface area contributed by atoms with Gasteiger partial charge >= 0.3 is 6.18 Å². The first-order valence-electron chi connectivity index (χ1n) is 18.7. The summed E-state index contributed by atoms with van der Waals surface area (Å²) in [4.78, 5) is 57.1. The number of nitrogens with one attached hydrogen (secondary N) is 3. The van der Waals surface area contributed by atoms with Crippen molar-refractivity contribution >= 4 is 63.7 Å². The molecule has 6 rings (SSSR count). The van der Waals surface area contributed by atoms with Crippen LogP contribution >= 0.6 is 12.2 Å². The summed E-state index contributed by atoms with van der Waals surface area (Å²) in [5.41, 5.74) is 0.561. The number of piperidine rings is 1. The van der Waals surface area contributed by atoms with Crippen molar-refractivity contribution in [2.75, 3.05) is 53.2 Å². The minimum absolute atomic E-state index is 0.0101. The van der Waals surface area contributed by atoms with Gasteiger partial charge in [0.2, 0.25) is 17.7 Å². The van der Waals surface area contributed by atoms with E-state index in [2.05, 4.69) is 20.9 Å². The number of ether oxygens (including phenoxy) is 1. The predicted octanol–water partition coefficient (Wildman–Crippen LogP) is 5.77. The number of amides is 4. The van der Waals surface area contributed by atoms with Gasteiger partial charge in [0.1, 0.15) is 23.9 Å². The summed E-state index contributed by atoms with van der Waals surface area (Å²) in [6.45, 7) is 9.56. The molecule has 3 aliphatic heterocycles. The zero-order valence-corrected chi connectivity index (χ0v) is 33.2. The highest BCUT2D eigenvalue weighted by atomic mass is 32.1. The number of benzene rings is 3. The fourth-order valence-corrected chi connectivity index (χ4v) is 7.69. The molecule has 3 heterocycles. The van der Waals surface area contributed by atoms with Gasteiger partial charge in [-0.3, -0.25) is 29.4 Å². The van der Waals surface area contributed by atoms with Gasteiger partial charge in [0.05, 0.1) is 36.0 Å². The molecule has 3 aromatic rings. The van der Waals surface area contributed by atoms with Crippen LogP contribution in [0.5, 0.6) is 5.75 Å². The maximum atomic E-state index is 13.8. The lowest BCUT2D eigenvalue weighted by Crippen LogP contribution is -2.47. The van der Waals surface area contributed by atoms with Crippen LogP contribution in [0, 0.1) is 11.3 Å². The highest BCUT2D eigenvalue weighted by Gasteiger charge is 2.51. The lowest BCUT2D eigenvalue weighted by atomic mass is 10.0. The zero-order chi connectivity index (χ0) is 41.9. The van der Waals surface area contributed by atoms with E-state index in [1.807, 2.05) is 31.0 Å². The molecule has 13 nitrogen and oxygen atoms in total. The number of nitrogens with zero attached hydrogens (tertiary/aromatic N) is 5. The molecule has 2 saturated heterocycles. The maximum Gasteiger partial charge on any atom is 0.417 e. The monoisotopic (exact) mass is 816 g/mol. The Balaban J connectivity index is 1.04. The quantitative estimate of drug-likeness (QED) is 0.151. The van der Waals surface area contributed by atoms with Gasteiger partial charge in [0.15, 0.2) is 5.11 Å². The second-order valence-corrected chi connectivity index (χ2v) is 15.0. The lowest BCUT2D eigenvalue weighted by molar-refractivity contribution is -0.138. The molecule has 1 atom stereocenters. The number of carbonyl (C=O) groups is 4. The van der Waals surface area contributed by atoms with Crippen LogP contribution in [0.25, 0.3) is 0 Å². The summed E-state index contributed by atoms with van der Waals surface area (Å²) in [7, 11) is 0. The normalized spacial score (nSPS) is 18.2. The second kappa shape index (κ2) is 16.8. The van der Waals surface area contributed by atoms with E-state index in [-0.39, 0.29) is 41.5 Å². The minimum atomic E-state index is -4.80. The van der Waals surface area contributed by atoms with Crippen LogP contribution in [0.1, 0.15) is 57.2 Å². The molecule has 304 valence electrons. The van der Waals surface area contributed by atoms with Crippen LogP contribution in [0.2, 0.25) is 0 Å². The van der Waals surface area contributed by atoms with Crippen molar-refractivity contribution in [3.05, 3.63) is 89.3 Å². The Morgan fingerprint density at radius 1 is 1.05 bits per heavy atom. The third-order valence-corrected chi connectivity index (χ3v) is 10.6. The van der Waals surface area contributed by atoms with Crippen molar-refractivity contribution in [1.29, 1.82) is 5.26 Å². The first-order chi connectivity index (χ1) is 27.5. The predicted molar refractivity (Wildman–Crippen MR) is 216 cm³/mol. The molecule has 4 amide bonds. The van der Waals surface area contributed by atoms with E-state index in [0.29, 0.717) is 61.9 Å². The van der Waals surface area contributed by atoms with Crippen molar-refractivity contribution in [3.63, 3.8) is 0 Å². The van der Waals surface area contributed by atoms with Crippen molar-refractivity contribution in [3.8, 4) is 11.8 Å². The number of alkyl halides is 3. The number of anilines is 4. The van der Waals surface area contributed by atoms with Gasteiger partial charge in [-0.25, -0.2) is 0 Å². The average Bonchev–Trinajstić information content (AvgIpc) is 3.35. The summed E-state index contributed by atoms with van der Waals surface area (Å²) in [6.07, 6.45) is -1.58. The summed E-state index contributed by atoms with van der Waals surface area (Å²) < 4.78 is 47.5. The summed E-state index contributed by atoms with van der Waals surface area (Å²) >= 11 is 5.71. The van der Waals surface area contributed by atoms with Crippen LogP contribution < -0.4 is 30.5 Å². The molecule has 0 bridgehead atoms. The molecular formula is C41H43F3N8O5S. The largest absolute Gasteiger partial charge is 0.491 e. The number of nitriles is 1. The minimum Gasteiger partial charge on any atom is -0.491 e. The van der Waals surface area contributed by atoms with Crippen LogP contribution in [-0.2, 0) is 31.8 Å². The number of carbonyl (C=O) groups excluding carboxylic acids is 4. The van der Waals surface area contributed by atoms with Crippen molar-refractivity contribution < 1.29 is 37.1 Å². The SMILES string of the molecule is CCc1cc(N2C(=S)N(c3ccc(C#N)c(C(F)(F)F)c3)C(=O)C2(C)C)ccc1OCCN1C=C(C)N(CC(=O)Nc2cccc(NC3CCC(=O)NC3=O)c2)CC1. The fraction of sp³-hybridized carbons (Fsp3) is 0.366. The van der Waals surface area contributed by atoms with E-state index in [9.17, 15) is 37.6 Å². The molecular weight excluding hydrogens is 774 g/mol. The number of hydrogen-bond donors (Lipinski definition) is 3. The van der Waals surface area contributed by atoms with Gasteiger partial charge in [-0.1, -0.05) is 13.0 Å². The van der Waals surface area contributed by atoms with Gasteiger partial charge in [0.25, 0.3) is 5.91 Å². The Morgan fingerprint density at radius 2 is 1.79 bits per heavy atom. The van der Waals surface area contributed by atoms with Gasteiger partial charge in [0, 0.05) is 48.5 Å². The Bertz CT molecular complexity index is 2220. The molecule has 0 aliphatic carbocycles. The third-order valence-electron chi connectivity index (χ3n) is 10.3. The highest BCUT2D eigenvalue weighted by molar-refractivity contribution is 7.81. The van der Waals surface area contributed by atoms with E-state index in [1.54, 1.807) is 61.2 Å². The molecule has 58 heavy (non-hydrogen) atoms. The molecule has 0 radical (unpaired) electrons. The van der Waals surface area contributed by atoms with Crippen molar-refractivity contribution in [2.45, 2.75) is 64.7 Å². The first-order valence-corrected chi connectivity index (χ1v) is 19.1. The van der Waals surface area contributed by atoms with E-state index in [4.69, 9.17) is 17.0 Å². The maximum absolute atomic E-state index is 13.8. The zero-order valence-electron chi connectivity index (χ0n) is 32.4. The Hall–Kier alpha value is -6.15. The topological polar surface area (TPSA) is 150 Å². The molecule has 3 aromatic carbocycles. The molecule has 0 aromatic heterocycles. The molecule has 1 unspecified atom stereocenters. The summed E-state index contributed by atoms with van der Waals surface area (Å²) in [6, 6.07) is 16.6. The van der Waals surface area contributed by atoms with Gasteiger partial charge in [-0.05, 0) is 106 Å². The van der Waals surface area contributed by atoms with Gasteiger partial charge in [-0.15, -0.1) is 0 Å².